The third-order valence-corrected chi connectivity index (χ3v) is 22.2. The lowest BCUT2D eigenvalue weighted by atomic mass is 9.47. The number of hydrogen-bond acceptors (Lipinski definition) is 27. The SMILES string of the molecule is CC(C)[C@H](C)[C@@H]1O[C@H]1[C@](C)(O)[C@H]1CC[C@H]2[C@@H]3C[C@H](O[C@@H]4O[C@H](CO)[C@@H](O)[C@H](O[C@@H]5O[C@H](C)[C@@H](O[C@@H]6OC[C@H](O)[C@H](O)[C@H]6O[C@@H]6O[C@H](C)[C@H](O)[C@H](O)[C@H]6O)[C@H](O)[C@H]5O[C@@H]5O[C@H](C)[C@H](O)[C@H](O)[C@H]5O)[C@H]4O)[C@H]4C[C@@H](OS(=O)(=O)O)CC[C@]4(C)C3=CC[C@]12C. The first-order valence-electron chi connectivity index (χ1n) is 30.6. The van der Waals surface area contributed by atoms with Crippen LogP contribution in [0.3, 0.4) is 0 Å². The molecule has 0 bridgehead atoms. The molecule has 0 aromatic heterocycles. The van der Waals surface area contributed by atoms with Crippen LogP contribution in [0.5, 0.6) is 0 Å². The summed E-state index contributed by atoms with van der Waals surface area (Å²) < 4.78 is 107. The molecule has 14 N–H and O–H groups in total. The molecule has 3 saturated carbocycles. The summed E-state index contributed by atoms with van der Waals surface area (Å²) in [5.41, 5.74) is -1.04. The highest BCUT2D eigenvalue weighted by atomic mass is 32.3. The molecule has 9 fully saturated rings. The van der Waals surface area contributed by atoms with Crippen molar-refractivity contribution >= 4 is 10.4 Å². The number of aliphatic hydroxyl groups excluding tert-OH is 12. The Hall–Kier alpha value is -1.35. The van der Waals surface area contributed by atoms with E-state index in [0.29, 0.717) is 25.2 Å². The highest BCUT2D eigenvalue weighted by Crippen LogP contribution is 2.68. The molecule has 36 atom stereocenters. The molecule has 0 aromatic carbocycles. The molecule has 0 radical (unpaired) electrons. The van der Waals surface area contributed by atoms with Crippen molar-refractivity contribution in [3.8, 4) is 0 Å². The van der Waals surface area contributed by atoms with Gasteiger partial charge in [0.2, 0.25) is 0 Å². The maximum absolute atomic E-state index is 12.5. The molecule has 10 aliphatic rings. The van der Waals surface area contributed by atoms with Crippen molar-refractivity contribution in [2.24, 2.45) is 46.3 Å². The van der Waals surface area contributed by atoms with Crippen LogP contribution < -0.4 is 0 Å². The summed E-state index contributed by atoms with van der Waals surface area (Å²) >= 11 is 0. The Morgan fingerprint density at radius 2 is 1.20 bits per heavy atom. The monoisotopic (exact) mass is 1260 g/mol. The molecule has 0 unspecified atom stereocenters. The Balaban J connectivity index is 0.925. The minimum atomic E-state index is -4.89. The molecule has 0 amide bonds. The number of epoxide rings is 1. The minimum absolute atomic E-state index is 0.0293. The lowest BCUT2D eigenvalue weighted by molar-refractivity contribution is -0.403. The summed E-state index contributed by atoms with van der Waals surface area (Å²) in [5.74, 6) is -0.205. The summed E-state index contributed by atoms with van der Waals surface area (Å²) in [6.45, 7) is 15.4. The van der Waals surface area contributed by atoms with Gasteiger partial charge in [0.25, 0.3) is 0 Å². The van der Waals surface area contributed by atoms with E-state index in [1.807, 2.05) is 6.92 Å². The fourth-order valence-electron chi connectivity index (χ4n) is 16.3. The Kier molecular flexibility index (Phi) is 20.0. The third kappa shape index (κ3) is 12.5. The zero-order chi connectivity index (χ0) is 62.8. The molecular formula is C57H94O28S. The van der Waals surface area contributed by atoms with Crippen LogP contribution in [0.15, 0.2) is 11.6 Å². The topological polar surface area (TPSA) is 431 Å². The smallest absolute Gasteiger partial charge is 0.394 e. The first-order valence-corrected chi connectivity index (χ1v) is 31.9. The van der Waals surface area contributed by atoms with Gasteiger partial charge in [-0.05, 0) is 119 Å². The second-order valence-electron chi connectivity index (χ2n) is 27.3. The van der Waals surface area contributed by atoms with Crippen molar-refractivity contribution in [2.45, 2.75) is 285 Å². The van der Waals surface area contributed by atoms with Crippen LogP contribution in [-0.2, 0) is 66.7 Å². The zero-order valence-corrected chi connectivity index (χ0v) is 50.8. The third-order valence-electron chi connectivity index (χ3n) is 21.7. The highest BCUT2D eigenvalue weighted by Gasteiger charge is 2.67. The van der Waals surface area contributed by atoms with Gasteiger partial charge in [-0.1, -0.05) is 46.3 Å². The van der Waals surface area contributed by atoms with E-state index in [2.05, 4.69) is 40.7 Å². The number of rotatable bonds is 17. The number of allylic oxidation sites excluding steroid dienone is 2. The van der Waals surface area contributed by atoms with E-state index >= 15 is 0 Å². The van der Waals surface area contributed by atoms with Crippen molar-refractivity contribution in [2.75, 3.05) is 13.2 Å². The van der Waals surface area contributed by atoms with Gasteiger partial charge in [0.1, 0.15) is 104 Å². The van der Waals surface area contributed by atoms with Gasteiger partial charge >= 0.3 is 10.4 Å². The molecule has 0 spiro atoms. The first-order chi connectivity index (χ1) is 40.2. The van der Waals surface area contributed by atoms with Crippen LogP contribution in [0.4, 0.5) is 0 Å². The van der Waals surface area contributed by atoms with Gasteiger partial charge in [-0.2, -0.15) is 8.42 Å². The summed E-state index contributed by atoms with van der Waals surface area (Å²) in [4.78, 5) is 0. The average Bonchev–Trinajstić information content (AvgIpc) is 1.42. The predicted octanol–water partition coefficient (Wildman–Crippen LogP) is -2.62. The molecule has 6 heterocycles. The van der Waals surface area contributed by atoms with Crippen LogP contribution >= 0.6 is 0 Å². The second kappa shape index (κ2) is 25.5. The van der Waals surface area contributed by atoms with Gasteiger partial charge in [0.15, 0.2) is 31.5 Å². The Morgan fingerprint density at radius 1 is 0.628 bits per heavy atom. The molecule has 29 heteroatoms. The average molecular weight is 1260 g/mol. The fraction of sp³-hybridized carbons (Fsp3) is 0.965. The largest absolute Gasteiger partial charge is 0.397 e. The Labute approximate surface area is 500 Å². The summed E-state index contributed by atoms with van der Waals surface area (Å²) in [6, 6.07) is 0. The van der Waals surface area contributed by atoms with Gasteiger partial charge in [-0.25, -0.2) is 4.18 Å². The zero-order valence-electron chi connectivity index (χ0n) is 50.0. The molecule has 6 aliphatic heterocycles. The van der Waals surface area contributed by atoms with Crippen LogP contribution in [0.2, 0.25) is 0 Å². The van der Waals surface area contributed by atoms with Gasteiger partial charge in [-0.15, -0.1) is 0 Å². The van der Waals surface area contributed by atoms with Crippen LogP contribution in [0, 0.1) is 46.3 Å². The van der Waals surface area contributed by atoms with Gasteiger partial charge in [0.05, 0.1) is 55.4 Å². The van der Waals surface area contributed by atoms with E-state index in [0.717, 1.165) is 18.4 Å². The maximum Gasteiger partial charge on any atom is 0.397 e. The van der Waals surface area contributed by atoms with Crippen molar-refractivity contribution in [3.63, 3.8) is 0 Å². The predicted molar refractivity (Wildman–Crippen MR) is 289 cm³/mol. The van der Waals surface area contributed by atoms with Crippen LogP contribution in [0.25, 0.3) is 0 Å². The number of fused-ring (bicyclic) bond motifs is 5. The molecule has 496 valence electrons. The van der Waals surface area contributed by atoms with E-state index in [1.165, 1.54) is 20.8 Å². The quantitative estimate of drug-likeness (QED) is 0.0403. The lowest BCUT2D eigenvalue weighted by Gasteiger charge is -2.60. The Bertz CT molecular complexity index is 2460. The van der Waals surface area contributed by atoms with E-state index < -0.39 is 206 Å². The van der Waals surface area contributed by atoms with E-state index in [-0.39, 0.29) is 48.7 Å². The molecular weight excluding hydrogens is 1160 g/mol. The maximum atomic E-state index is 12.5. The molecule has 10 rings (SSSR count). The molecule has 0 aromatic rings. The van der Waals surface area contributed by atoms with Crippen LogP contribution in [0.1, 0.15) is 107 Å². The van der Waals surface area contributed by atoms with Crippen molar-refractivity contribution in [1.29, 1.82) is 0 Å². The van der Waals surface area contributed by atoms with E-state index in [4.69, 9.17) is 56.3 Å². The van der Waals surface area contributed by atoms with E-state index in [9.17, 15) is 79.4 Å². The fourth-order valence-corrected chi connectivity index (χ4v) is 16.8. The summed E-state index contributed by atoms with van der Waals surface area (Å²) in [5, 5.41) is 146. The van der Waals surface area contributed by atoms with Crippen molar-refractivity contribution in [3.05, 3.63) is 11.6 Å². The lowest BCUT2D eigenvalue weighted by Crippen LogP contribution is -2.68. The number of ether oxygens (including phenoxy) is 11. The number of aliphatic hydroxyl groups is 13. The minimum Gasteiger partial charge on any atom is -0.394 e. The first kappa shape index (κ1) is 67.5. The summed E-state index contributed by atoms with van der Waals surface area (Å²) in [7, 11) is -4.89. The summed E-state index contributed by atoms with van der Waals surface area (Å²) in [6.07, 6.45) is -37.6. The van der Waals surface area contributed by atoms with Gasteiger partial charge in [0, 0.05) is 0 Å². The van der Waals surface area contributed by atoms with Crippen molar-refractivity contribution in [1.82, 2.24) is 0 Å². The highest BCUT2D eigenvalue weighted by molar-refractivity contribution is 7.80. The number of hydrogen-bond donors (Lipinski definition) is 14. The standard InChI is InChI=1S/C57H94O28S/c1-20(2)21(3)44-49(80-44)57(9,70)33-11-10-27-26-17-31(29-16-25(85-86(71,72)73)12-14-55(29,7)28(26)13-15-56(27,33)8)78-52-43(69)46(37(63)32(18-58)79-52)82-54-48(84-51-41(67)39(65)35(61)23(5)76-51)42(68)45(24(6)77-54)81-53-47(36(62)30(59)19-74-53)83-50-40(66)38(64)34(60)22(4)75-50/h13,20-27,29-54,58-70H,10-12,14-19H2,1-9H3,(H,71,72,73)/t21-,22+,23+,24+,25-,26-,27-,29+,30-,31-,32+,33-,34-,35-,36-,37+,38-,39-,40+,41+,42-,43+,44-,45+,46-,47+,48+,49+,50-,51-,52+,53-,54-,55+,56-,57+/m0/s1. The molecule has 28 nitrogen and oxygen atoms in total. The Morgan fingerprint density at radius 3 is 1.79 bits per heavy atom. The molecule has 86 heavy (non-hydrogen) atoms. The molecule has 6 saturated heterocycles. The van der Waals surface area contributed by atoms with Crippen molar-refractivity contribution < 1.29 is 136 Å². The van der Waals surface area contributed by atoms with E-state index in [1.54, 1.807) is 0 Å². The van der Waals surface area contributed by atoms with Gasteiger partial charge in [-0.3, -0.25) is 4.55 Å². The second-order valence-corrected chi connectivity index (χ2v) is 28.4. The molecule has 4 aliphatic carbocycles. The van der Waals surface area contributed by atoms with Gasteiger partial charge < -0.3 is 118 Å². The normalized spacial score (nSPS) is 53.6. The van der Waals surface area contributed by atoms with Crippen LogP contribution in [-0.4, -0.2) is 270 Å².